The Hall–Kier alpha value is -3.35. The molecule has 6 nitrogen and oxygen atoms in total. The summed E-state index contributed by atoms with van der Waals surface area (Å²) in [5.74, 6) is -1.14. The summed E-state index contributed by atoms with van der Waals surface area (Å²) in [4.78, 5) is 36.4. The molecule has 8 heteroatoms. The molecule has 0 heterocycles. The molecule has 0 aliphatic rings. The average Bonchev–Trinajstić information content (AvgIpc) is 2.71. The first-order valence-corrected chi connectivity index (χ1v) is 9.54. The normalized spacial score (nSPS) is 10.2. The van der Waals surface area contributed by atoms with Crippen molar-refractivity contribution in [1.82, 2.24) is 0 Å². The van der Waals surface area contributed by atoms with E-state index in [0.717, 1.165) is 0 Å². The number of carbonyl (C=O) groups is 3. The predicted molar refractivity (Wildman–Crippen MR) is 117 cm³/mol. The van der Waals surface area contributed by atoms with Gasteiger partial charge in [0.25, 0.3) is 11.8 Å². The summed E-state index contributed by atoms with van der Waals surface area (Å²) < 4.78 is 5.00. The van der Waals surface area contributed by atoms with Crippen LogP contribution in [0.3, 0.4) is 0 Å². The molecule has 0 unspecified atom stereocenters. The van der Waals surface area contributed by atoms with Crippen LogP contribution in [0, 0.1) is 0 Å². The molecule has 2 amide bonds. The summed E-state index contributed by atoms with van der Waals surface area (Å²) in [6.45, 7) is 1.28. The van der Waals surface area contributed by atoms with Gasteiger partial charge in [-0.2, -0.15) is 0 Å². The molecule has 0 saturated carbocycles. The van der Waals surface area contributed by atoms with Crippen molar-refractivity contribution in [3.05, 3.63) is 87.9 Å². The number of carbonyl (C=O) groups excluding carboxylic acids is 3. The maximum Gasteiger partial charge on any atom is 0.308 e. The smallest absolute Gasteiger partial charge is 0.308 e. The zero-order valence-electron chi connectivity index (χ0n) is 15.7. The van der Waals surface area contributed by atoms with Gasteiger partial charge in [-0.15, -0.1) is 0 Å². The molecule has 0 atom stereocenters. The van der Waals surface area contributed by atoms with Crippen molar-refractivity contribution in [3.63, 3.8) is 0 Å². The van der Waals surface area contributed by atoms with Crippen molar-refractivity contribution in [3.8, 4) is 5.75 Å². The van der Waals surface area contributed by atoms with E-state index >= 15 is 0 Å². The molecule has 0 spiro atoms. The van der Waals surface area contributed by atoms with Gasteiger partial charge in [-0.05, 0) is 48.5 Å². The highest BCUT2D eigenvalue weighted by Gasteiger charge is 2.15. The Labute approximate surface area is 182 Å². The average molecular weight is 443 g/mol. The van der Waals surface area contributed by atoms with Gasteiger partial charge in [0, 0.05) is 17.5 Å². The van der Waals surface area contributed by atoms with Crippen molar-refractivity contribution < 1.29 is 19.1 Å². The van der Waals surface area contributed by atoms with Gasteiger partial charge in [0.05, 0.1) is 22.0 Å². The van der Waals surface area contributed by atoms with Crippen molar-refractivity contribution in [2.75, 3.05) is 10.6 Å². The highest BCUT2D eigenvalue weighted by atomic mass is 35.5. The fourth-order valence-electron chi connectivity index (χ4n) is 2.62. The fraction of sp³-hybridized carbons (Fsp3) is 0.0455. The number of para-hydroxylation sites is 2. The summed E-state index contributed by atoms with van der Waals surface area (Å²) in [6, 6.07) is 17.5. The lowest BCUT2D eigenvalue weighted by molar-refractivity contribution is -0.131. The summed E-state index contributed by atoms with van der Waals surface area (Å²) in [6.07, 6.45) is 0. The number of amides is 2. The second-order valence-electron chi connectivity index (χ2n) is 6.20. The third-order valence-electron chi connectivity index (χ3n) is 3.95. The number of rotatable bonds is 5. The highest BCUT2D eigenvalue weighted by molar-refractivity contribution is 6.36. The Bertz CT molecular complexity index is 1130. The van der Waals surface area contributed by atoms with Crippen LogP contribution in [0.4, 0.5) is 11.4 Å². The van der Waals surface area contributed by atoms with Gasteiger partial charge in [0.2, 0.25) is 0 Å². The fourth-order valence-corrected chi connectivity index (χ4v) is 3.00. The minimum Gasteiger partial charge on any atom is -0.427 e. The maximum atomic E-state index is 12.7. The van der Waals surface area contributed by atoms with E-state index in [-0.39, 0.29) is 21.9 Å². The minimum absolute atomic E-state index is 0.208. The van der Waals surface area contributed by atoms with Gasteiger partial charge < -0.3 is 15.4 Å². The topological polar surface area (TPSA) is 84.5 Å². The lowest BCUT2D eigenvalue weighted by Crippen LogP contribution is -2.17. The van der Waals surface area contributed by atoms with Crippen LogP contribution in [0.25, 0.3) is 0 Å². The highest BCUT2D eigenvalue weighted by Crippen LogP contribution is 2.26. The Morgan fingerprint density at radius 1 is 0.800 bits per heavy atom. The Balaban J connectivity index is 1.80. The number of ether oxygens (including phenoxy) is 1. The van der Waals surface area contributed by atoms with Gasteiger partial charge in [-0.3, -0.25) is 14.4 Å². The van der Waals surface area contributed by atoms with Gasteiger partial charge in [-0.1, -0.05) is 41.4 Å². The molecule has 0 aliphatic carbocycles. The molecule has 3 aromatic rings. The molecule has 3 rings (SSSR count). The van der Waals surface area contributed by atoms with Gasteiger partial charge in [-0.25, -0.2) is 0 Å². The second-order valence-corrected chi connectivity index (χ2v) is 7.04. The SMILES string of the molecule is CC(=O)Oc1cccc(C(=O)Nc2ccccc2NC(=O)c2cc(Cl)ccc2Cl)c1. The van der Waals surface area contributed by atoms with Crippen LogP contribution in [-0.4, -0.2) is 17.8 Å². The van der Waals surface area contributed by atoms with E-state index < -0.39 is 17.8 Å². The van der Waals surface area contributed by atoms with E-state index in [4.69, 9.17) is 27.9 Å². The van der Waals surface area contributed by atoms with Gasteiger partial charge in [0.1, 0.15) is 5.75 Å². The molecule has 30 heavy (non-hydrogen) atoms. The molecule has 0 aromatic heterocycles. The van der Waals surface area contributed by atoms with Crippen molar-refractivity contribution in [2.24, 2.45) is 0 Å². The van der Waals surface area contributed by atoms with Crippen LogP contribution >= 0.6 is 23.2 Å². The van der Waals surface area contributed by atoms with Crippen LogP contribution < -0.4 is 15.4 Å². The first kappa shape index (κ1) is 21.4. The number of nitrogens with one attached hydrogen (secondary N) is 2. The number of halogens is 2. The number of anilines is 2. The molecule has 0 fully saturated rings. The summed E-state index contributed by atoms with van der Waals surface area (Å²) in [5, 5.41) is 6.08. The van der Waals surface area contributed by atoms with E-state index in [1.165, 1.54) is 25.1 Å². The first-order valence-electron chi connectivity index (χ1n) is 8.79. The monoisotopic (exact) mass is 442 g/mol. The van der Waals surface area contributed by atoms with Crippen molar-refractivity contribution in [2.45, 2.75) is 6.92 Å². The van der Waals surface area contributed by atoms with Gasteiger partial charge >= 0.3 is 5.97 Å². The van der Waals surface area contributed by atoms with E-state index in [9.17, 15) is 14.4 Å². The van der Waals surface area contributed by atoms with Crippen molar-refractivity contribution in [1.29, 1.82) is 0 Å². The Morgan fingerprint density at radius 2 is 1.47 bits per heavy atom. The van der Waals surface area contributed by atoms with Crippen LogP contribution in [0.1, 0.15) is 27.6 Å². The molecule has 0 radical (unpaired) electrons. The summed E-state index contributed by atoms with van der Waals surface area (Å²) >= 11 is 12.0. The minimum atomic E-state index is -0.486. The molecule has 0 aliphatic heterocycles. The molecule has 3 aromatic carbocycles. The lowest BCUT2D eigenvalue weighted by Gasteiger charge is -2.13. The molecule has 152 valence electrons. The quantitative estimate of drug-likeness (QED) is 0.407. The number of esters is 1. The van der Waals surface area contributed by atoms with Crippen LogP contribution in [0.5, 0.6) is 5.75 Å². The van der Waals surface area contributed by atoms with Crippen LogP contribution in [0.2, 0.25) is 10.0 Å². The second kappa shape index (κ2) is 9.43. The predicted octanol–water partition coefficient (Wildman–Crippen LogP) is 5.42. The van der Waals surface area contributed by atoms with E-state index in [1.54, 1.807) is 48.5 Å². The van der Waals surface area contributed by atoms with Crippen LogP contribution in [-0.2, 0) is 4.79 Å². The molecular weight excluding hydrogens is 427 g/mol. The molecule has 0 bridgehead atoms. The number of benzene rings is 3. The summed E-state index contributed by atoms with van der Waals surface area (Å²) in [5.41, 5.74) is 1.25. The summed E-state index contributed by atoms with van der Waals surface area (Å²) in [7, 11) is 0. The largest absolute Gasteiger partial charge is 0.427 e. The Kier molecular flexibility index (Phi) is 6.72. The van der Waals surface area contributed by atoms with Gasteiger partial charge in [0.15, 0.2) is 0 Å². The van der Waals surface area contributed by atoms with Crippen LogP contribution in [0.15, 0.2) is 66.7 Å². The first-order chi connectivity index (χ1) is 14.3. The third kappa shape index (κ3) is 5.37. The number of hydrogen-bond acceptors (Lipinski definition) is 4. The Morgan fingerprint density at radius 3 is 2.13 bits per heavy atom. The van der Waals surface area contributed by atoms with E-state index in [1.807, 2.05) is 0 Å². The van der Waals surface area contributed by atoms with E-state index in [2.05, 4.69) is 10.6 Å². The lowest BCUT2D eigenvalue weighted by atomic mass is 10.1. The molecular formula is C22H16Cl2N2O4. The zero-order valence-corrected chi connectivity index (χ0v) is 17.3. The maximum absolute atomic E-state index is 12.7. The standard InChI is InChI=1S/C22H16Cl2N2O4/c1-13(27)30-16-6-4-5-14(11-16)21(28)25-19-7-2-3-8-20(19)26-22(29)17-12-15(23)9-10-18(17)24/h2-12H,1H3,(H,25,28)(H,26,29). The van der Waals surface area contributed by atoms with E-state index in [0.29, 0.717) is 16.4 Å². The number of hydrogen-bond donors (Lipinski definition) is 2. The zero-order chi connectivity index (χ0) is 21.7. The molecule has 0 saturated heterocycles. The third-order valence-corrected chi connectivity index (χ3v) is 4.52. The molecule has 2 N–H and O–H groups in total. The van der Waals surface area contributed by atoms with Crippen molar-refractivity contribution >= 4 is 52.4 Å².